The topological polar surface area (TPSA) is 205 Å². The van der Waals surface area contributed by atoms with Gasteiger partial charge in [0.15, 0.2) is 11.0 Å². The van der Waals surface area contributed by atoms with Crippen molar-refractivity contribution in [2.75, 3.05) is 23.1 Å². The summed E-state index contributed by atoms with van der Waals surface area (Å²) in [4.78, 5) is 43.2. The van der Waals surface area contributed by atoms with Crippen molar-refractivity contribution in [2.45, 2.75) is 51.2 Å². The molecular formula is C19H30N8O7S4. The fourth-order valence-electron chi connectivity index (χ4n) is 3.49. The van der Waals surface area contributed by atoms with Crippen LogP contribution in [0.5, 0.6) is 0 Å². The lowest BCUT2D eigenvalue weighted by atomic mass is 10.0. The van der Waals surface area contributed by atoms with Gasteiger partial charge in [0.1, 0.15) is 17.1 Å². The number of thioether (sulfide) groups is 3. The van der Waals surface area contributed by atoms with Crippen molar-refractivity contribution in [3.05, 3.63) is 11.3 Å². The van der Waals surface area contributed by atoms with E-state index in [1.165, 1.54) is 28.4 Å². The monoisotopic (exact) mass is 610 g/mol. The minimum Gasteiger partial charge on any atom is -0.477 e. The average molecular weight is 611 g/mol. The van der Waals surface area contributed by atoms with E-state index in [-0.39, 0.29) is 46.1 Å². The van der Waals surface area contributed by atoms with Gasteiger partial charge in [-0.3, -0.25) is 24.0 Å². The van der Waals surface area contributed by atoms with Crippen LogP contribution in [0.4, 0.5) is 0 Å². The van der Waals surface area contributed by atoms with E-state index in [1.807, 2.05) is 27.7 Å². The summed E-state index contributed by atoms with van der Waals surface area (Å²) in [5.74, 6) is -2.52. The number of amides is 2. The number of hydrogen-bond donors (Lipinski definition) is 6. The molecule has 0 spiro atoms. The Morgan fingerprint density at radius 1 is 1.32 bits per heavy atom. The third kappa shape index (κ3) is 7.92. The van der Waals surface area contributed by atoms with E-state index in [1.54, 1.807) is 0 Å². The molecule has 1 fully saturated rings. The standard InChI is InChI=1S/C19H30N8O7S4/c1-9(2)20-18(21-10(3)4)36-7-12(28)22-13-15(29)27-14(17(30)31)11(5-35-16(13)27)6-37-19-23-24-25-26(19)8-38(32,33)34/h9-10,13,16,24-25H,5-8H2,1-4H3,(H,20,21)(H,22,28)(H,30,31)(H,32,33,34). The van der Waals surface area contributed by atoms with Crippen LogP contribution in [0.25, 0.3) is 0 Å². The van der Waals surface area contributed by atoms with Crippen LogP contribution in [0.1, 0.15) is 27.7 Å². The van der Waals surface area contributed by atoms with Gasteiger partial charge in [0.05, 0.1) is 5.75 Å². The molecule has 15 nitrogen and oxygen atoms in total. The van der Waals surface area contributed by atoms with Crippen LogP contribution in [-0.4, -0.2) is 103 Å². The lowest BCUT2D eigenvalue weighted by molar-refractivity contribution is -0.150. The number of hydrazone groups is 1. The second-order valence-corrected chi connectivity index (χ2v) is 13.3. The first-order valence-corrected chi connectivity index (χ1v) is 16.0. The van der Waals surface area contributed by atoms with E-state index in [0.717, 1.165) is 16.8 Å². The van der Waals surface area contributed by atoms with Crippen LogP contribution in [0.3, 0.4) is 0 Å². The number of aliphatic carboxylic acids is 1. The second-order valence-electron chi connectivity index (χ2n) is 8.87. The summed E-state index contributed by atoms with van der Waals surface area (Å²) in [6.07, 6.45) is 0. The number of hydrogen-bond acceptors (Lipinski definition) is 13. The van der Waals surface area contributed by atoms with E-state index >= 15 is 0 Å². The molecule has 3 rings (SSSR count). The molecule has 0 aromatic carbocycles. The van der Waals surface area contributed by atoms with Crippen molar-refractivity contribution in [3.8, 4) is 0 Å². The highest BCUT2D eigenvalue weighted by atomic mass is 32.2. The van der Waals surface area contributed by atoms with Gasteiger partial charge in [0.25, 0.3) is 16.0 Å². The van der Waals surface area contributed by atoms with Crippen LogP contribution in [0, 0.1) is 0 Å². The first-order valence-electron chi connectivity index (χ1n) is 11.4. The number of fused-ring (bicyclic) bond motifs is 1. The van der Waals surface area contributed by atoms with E-state index in [4.69, 9.17) is 4.55 Å². The number of carboxylic acid groups (broad SMARTS) is 1. The Balaban J connectivity index is 1.61. The van der Waals surface area contributed by atoms with Gasteiger partial charge in [-0.15, -0.1) is 22.4 Å². The molecule has 6 N–H and O–H groups in total. The number of carbonyl (C=O) groups excluding carboxylic acids is 2. The predicted molar refractivity (Wildman–Crippen MR) is 147 cm³/mol. The number of aliphatic imine (C=N–C) groups is 1. The minimum absolute atomic E-state index is 0.0415. The van der Waals surface area contributed by atoms with Gasteiger partial charge < -0.3 is 15.7 Å². The van der Waals surface area contributed by atoms with Gasteiger partial charge in [-0.05, 0) is 33.3 Å². The molecule has 3 aliphatic heterocycles. The third-order valence-corrected chi connectivity index (χ3v) is 8.82. The fourth-order valence-corrected chi connectivity index (χ4v) is 7.44. The molecule has 1 saturated heterocycles. The molecule has 3 aliphatic rings. The van der Waals surface area contributed by atoms with Crippen LogP contribution < -0.4 is 21.7 Å². The Hall–Kier alpha value is -2.19. The molecule has 2 atom stereocenters. The number of carboxylic acids is 1. The normalized spacial score (nSPS) is 21.8. The molecule has 0 aromatic rings. The number of β-lactam (4-membered cyclic amide) rings is 1. The van der Waals surface area contributed by atoms with Crippen molar-refractivity contribution < 1.29 is 32.5 Å². The van der Waals surface area contributed by atoms with Crippen LogP contribution in [-0.2, 0) is 24.5 Å². The summed E-state index contributed by atoms with van der Waals surface area (Å²) in [6.45, 7) is 7.78. The van der Waals surface area contributed by atoms with Gasteiger partial charge in [-0.1, -0.05) is 23.5 Å². The molecule has 0 saturated carbocycles. The highest BCUT2D eigenvalue weighted by Crippen LogP contribution is 2.41. The SMILES string of the molecule is CC(C)/N=C(\NC(C)C)SCC(=O)NC1C(=O)N2C(C(=O)O)=C(CSC3=NNNN3CS(=O)(=O)O)CSC12. The zero-order valence-corrected chi connectivity index (χ0v) is 24.3. The molecule has 0 bridgehead atoms. The summed E-state index contributed by atoms with van der Waals surface area (Å²) in [6, 6.07) is -0.672. The largest absolute Gasteiger partial charge is 0.477 e. The Morgan fingerprint density at radius 2 is 2.03 bits per heavy atom. The fraction of sp³-hybridized carbons (Fsp3) is 0.632. The number of nitrogens with one attached hydrogen (secondary N) is 4. The van der Waals surface area contributed by atoms with Gasteiger partial charge in [0.2, 0.25) is 11.1 Å². The molecule has 2 unspecified atom stereocenters. The summed E-state index contributed by atoms with van der Waals surface area (Å²) in [5.41, 5.74) is 5.09. The quantitative estimate of drug-likeness (QED) is 0.0791. The van der Waals surface area contributed by atoms with Crippen molar-refractivity contribution in [1.82, 2.24) is 31.6 Å². The smallest absolute Gasteiger partial charge is 0.352 e. The summed E-state index contributed by atoms with van der Waals surface area (Å²) < 4.78 is 31.4. The number of rotatable bonds is 10. The third-order valence-electron chi connectivity index (χ3n) is 4.93. The molecule has 2 amide bonds. The Morgan fingerprint density at radius 3 is 2.63 bits per heavy atom. The van der Waals surface area contributed by atoms with E-state index in [0.29, 0.717) is 10.7 Å². The summed E-state index contributed by atoms with van der Waals surface area (Å²) in [7, 11) is -4.34. The molecule has 19 heteroatoms. The highest BCUT2D eigenvalue weighted by molar-refractivity contribution is 8.14. The number of carbonyl (C=O) groups is 3. The summed E-state index contributed by atoms with van der Waals surface area (Å²) in [5, 5.41) is 20.9. The van der Waals surface area contributed by atoms with Crippen molar-refractivity contribution >= 4 is 73.5 Å². The number of amidine groups is 2. The van der Waals surface area contributed by atoms with Crippen molar-refractivity contribution in [3.63, 3.8) is 0 Å². The zero-order chi connectivity index (χ0) is 28.2. The Kier molecular flexibility index (Phi) is 10.2. The Labute approximate surface area is 232 Å². The van der Waals surface area contributed by atoms with Gasteiger partial charge in [-0.2, -0.15) is 8.42 Å². The van der Waals surface area contributed by atoms with Crippen molar-refractivity contribution in [1.29, 1.82) is 0 Å². The maximum absolute atomic E-state index is 12.9. The lowest BCUT2D eigenvalue weighted by Gasteiger charge is -2.49. The first-order chi connectivity index (χ1) is 17.8. The first kappa shape index (κ1) is 30.4. The van der Waals surface area contributed by atoms with Gasteiger partial charge in [0, 0.05) is 23.6 Å². The van der Waals surface area contributed by atoms with Crippen LogP contribution in [0.15, 0.2) is 21.4 Å². The van der Waals surface area contributed by atoms with E-state index in [9.17, 15) is 27.9 Å². The maximum atomic E-state index is 12.9. The van der Waals surface area contributed by atoms with Crippen LogP contribution in [0.2, 0.25) is 0 Å². The predicted octanol–water partition coefficient (Wildman–Crippen LogP) is -0.605. The molecule has 0 aliphatic carbocycles. The maximum Gasteiger partial charge on any atom is 0.352 e. The number of hydrazine groups is 2. The lowest BCUT2D eigenvalue weighted by Crippen LogP contribution is -2.70. The Bertz CT molecular complexity index is 1160. The van der Waals surface area contributed by atoms with Gasteiger partial charge >= 0.3 is 5.97 Å². The molecule has 0 radical (unpaired) electrons. The van der Waals surface area contributed by atoms with Crippen LogP contribution >= 0.6 is 35.3 Å². The summed E-state index contributed by atoms with van der Waals surface area (Å²) >= 11 is 3.59. The highest BCUT2D eigenvalue weighted by Gasteiger charge is 2.54. The minimum atomic E-state index is -4.34. The zero-order valence-electron chi connectivity index (χ0n) is 21.0. The number of nitrogens with zero attached hydrogens (tertiary/aromatic N) is 4. The van der Waals surface area contributed by atoms with E-state index < -0.39 is 39.3 Å². The average Bonchev–Trinajstić information content (AvgIpc) is 3.23. The second kappa shape index (κ2) is 12.8. The van der Waals surface area contributed by atoms with Crippen molar-refractivity contribution in [2.24, 2.45) is 10.1 Å². The molecular weight excluding hydrogens is 581 g/mol. The molecule has 3 heterocycles. The molecule has 212 valence electrons. The molecule has 0 aromatic heterocycles. The van der Waals surface area contributed by atoms with Gasteiger partial charge in [-0.25, -0.2) is 15.3 Å². The molecule has 38 heavy (non-hydrogen) atoms. The van der Waals surface area contributed by atoms with E-state index in [2.05, 4.69) is 31.8 Å².